The number of halogens is 1. The summed E-state index contributed by atoms with van der Waals surface area (Å²) >= 11 is 0. The van der Waals surface area contributed by atoms with Crippen LogP contribution >= 0.6 is 0 Å². The van der Waals surface area contributed by atoms with Gasteiger partial charge in [0.15, 0.2) is 17.2 Å². The summed E-state index contributed by atoms with van der Waals surface area (Å²) < 4.78 is 16.9. The maximum absolute atomic E-state index is 16.9. The van der Waals surface area contributed by atoms with Gasteiger partial charge in [-0.05, 0) is 56.6 Å². The highest BCUT2D eigenvalue weighted by Crippen LogP contribution is 2.70. The number of hydrogen-bond donors (Lipinski definition) is 3. The van der Waals surface area contributed by atoms with Gasteiger partial charge in [-0.1, -0.05) is 25.5 Å². The summed E-state index contributed by atoms with van der Waals surface area (Å²) in [6.07, 6.45) is 4.44. The highest BCUT2D eigenvalue weighted by molar-refractivity contribution is 6.01. The number of rotatable bonds is 2. The second-order valence-electron chi connectivity index (χ2n) is 9.75. The van der Waals surface area contributed by atoms with Crippen molar-refractivity contribution in [3.8, 4) is 0 Å². The van der Waals surface area contributed by atoms with Crippen LogP contribution in [0.4, 0.5) is 4.39 Å². The van der Waals surface area contributed by atoms with Gasteiger partial charge in [-0.3, -0.25) is 9.59 Å². The molecule has 4 aliphatic rings. The summed E-state index contributed by atoms with van der Waals surface area (Å²) in [5.74, 6) is -2.12. The van der Waals surface area contributed by atoms with Crippen LogP contribution < -0.4 is 0 Å². The van der Waals surface area contributed by atoms with Crippen LogP contribution in [0.3, 0.4) is 0 Å². The number of ketones is 2. The molecule has 4 aliphatic carbocycles. The van der Waals surface area contributed by atoms with Crippen molar-refractivity contribution < 1.29 is 29.3 Å². The monoisotopic (exact) mass is 392 g/mol. The van der Waals surface area contributed by atoms with Crippen molar-refractivity contribution in [3.63, 3.8) is 0 Å². The Labute approximate surface area is 164 Å². The third kappa shape index (κ3) is 2.01. The van der Waals surface area contributed by atoms with E-state index in [1.165, 1.54) is 12.2 Å². The molecule has 0 aromatic rings. The molecule has 4 rings (SSSR count). The largest absolute Gasteiger partial charge is 0.390 e. The van der Waals surface area contributed by atoms with Crippen LogP contribution in [0.5, 0.6) is 0 Å². The smallest absolute Gasteiger partial charge is 0.190 e. The Hall–Kier alpha value is -1.37. The van der Waals surface area contributed by atoms with E-state index < -0.39 is 52.4 Å². The van der Waals surface area contributed by atoms with Crippen LogP contribution in [0.15, 0.2) is 23.8 Å². The Morgan fingerprint density at radius 1 is 1.32 bits per heavy atom. The first-order valence-corrected chi connectivity index (χ1v) is 10.1. The molecule has 5 nitrogen and oxygen atoms in total. The standard InChI is InChI=1S/C22H29FO5/c1-12-8-16-15-5-4-13-9-14(25)6-7-19(13,2)21(15,23)17(26)10-20(16,3)22(12,28)18(27)11-24/h6-7,9,12,15-17,24,26,28H,4-5,8,10-11H2,1-3H3/t12-,15+,16?,17+,19+,20+,21+,22+/m1/s1. The molecule has 0 aromatic carbocycles. The van der Waals surface area contributed by atoms with Crippen molar-refractivity contribution in [1.82, 2.24) is 0 Å². The Morgan fingerprint density at radius 3 is 2.64 bits per heavy atom. The lowest BCUT2D eigenvalue weighted by atomic mass is 9.44. The van der Waals surface area contributed by atoms with Gasteiger partial charge in [-0.15, -0.1) is 0 Å². The second-order valence-corrected chi connectivity index (χ2v) is 9.75. The van der Waals surface area contributed by atoms with Crippen LogP contribution in [0.2, 0.25) is 0 Å². The summed E-state index contributed by atoms with van der Waals surface area (Å²) in [6.45, 7) is 4.48. The molecule has 0 aliphatic heterocycles. The molecule has 28 heavy (non-hydrogen) atoms. The number of aliphatic hydroxyl groups is 3. The zero-order valence-corrected chi connectivity index (χ0v) is 16.6. The summed E-state index contributed by atoms with van der Waals surface area (Å²) in [5.41, 5.74) is -5.17. The Bertz CT molecular complexity index is 805. The van der Waals surface area contributed by atoms with E-state index in [1.54, 1.807) is 26.8 Å². The van der Waals surface area contributed by atoms with Gasteiger partial charge in [-0.25, -0.2) is 4.39 Å². The Balaban J connectivity index is 1.84. The van der Waals surface area contributed by atoms with Crippen LogP contribution in [-0.4, -0.2) is 50.9 Å². The summed E-state index contributed by atoms with van der Waals surface area (Å²) in [4.78, 5) is 24.4. The zero-order valence-electron chi connectivity index (χ0n) is 16.6. The third-order valence-corrected chi connectivity index (χ3v) is 8.79. The molecular formula is C22H29FO5. The average molecular weight is 392 g/mol. The predicted molar refractivity (Wildman–Crippen MR) is 99.9 cm³/mol. The maximum atomic E-state index is 16.9. The first kappa shape index (κ1) is 19.9. The molecule has 0 spiro atoms. The molecule has 0 aromatic heterocycles. The van der Waals surface area contributed by atoms with Crippen LogP contribution in [-0.2, 0) is 9.59 Å². The van der Waals surface area contributed by atoms with Gasteiger partial charge in [0.25, 0.3) is 0 Å². The summed E-state index contributed by atoms with van der Waals surface area (Å²) in [5, 5.41) is 32.0. The average Bonchev–Trinajstić information content (AvgIpc) is 2.84. The number of fused-ring (bicyclic) bond motifs is 5. The number of carbonyl (C=O) groups is 2. The number of carbonyl (C=O) groups excluding carboxylic acids is 2. The topological polar surface area (TPSA) is 94.8 Å². The van der Waals surface area contributed by atoms with Crippen molar-refractivity contribution in [2.24, 2.45) is 28.6 Å². The lowest BCUT2D eigenvalue weighted by molar-refractivity contribution is -0.219. The first-order valence-electron chi connectivity index (χ1n) is 10.1. The van der Waals surface area contributed by atoms with Gasteiger partial charge in [0, 0.05) is 16.7 Å². The van der Waals surface area contributed by atoms with Crippen molar-refractivity contribution in [1.29, 1.82) is 0 Å². The molecule has 3 saturated carbocycles. The molecule has 3 fully saturated rings. The van der Waals surface area contributed by atoms with Crippen LogP contribution in [0, 0.1) is 28.6 Å². The first-order chi connectivity index (χ1) is 13.0. The van der Waals surface area contributed by atoms with E-state index in [9.17, 15) is 24.9 Å². The van der Waals surface area contributed by atoms with Gasteiger partial charge in [0.05, 0.1) is 6.10 Å². The number of aliphatic hydroxyl groups excluding tert-OH is 2. The minimum absolute atomic E-state index is 0.0676. The van der Waals surface area contributed by atoms with E-state index in [1.807, 2.05) is 0 Å². The lowest BCUT2D eigenvalue weighted by Crippen LogP contribution is -2.69. The number of alkyl halides is 1. The van der Waals surface area contributed by atoms with Crippen LogP contribution in [0.1, 0.15) is 46.5 Å². The van der Waals surface area contributed by atoms with Crippen molar-refractivity contribution in [2.75, 3.05) is 6.61 Å². The molecule has 6 heteroatoms. The molecule has 0 bridgehead atoms. The number of Topliss-reactive ketones (excluding diaryl/α,β-unsaturated/α-hetero) is 1. The van der Waals surface area contributed by atoms with Gasteiger partial charge in [-0.2, -0.15) is 0 Å². The van der Waals surface area contributed by atoms with E-state index in [-0.39, 0.29) is 18.1 Å². The van der Waals surface area contributed by atoms with Crippen LogP contribution in [0.25, 0.3) is 0 Å². The van der Waals surface area contributed by atoms with Gasteiger partial charge < -0.3 is 15.3 Å². The predicted octanol–water partition coefficient (Wildman–Crippen LogP) is 1.90. The Kier molecular flexibility index (Phi) is 4.15. The molecule has 154 valence electrons. The van der Waals surface area contributed by atoms with Crippen molar-refractivity contribution in [2.45, 2.75) is 63.8 Å². The van der Waals surface area contributed by atoms with Crippen molar-refractivity contribution in [3.05, 3.63) is 23.8 Å². The SMILES string of the molecule is C[C@@H]1CC2[C@@H]3CCC4=CC(=O)C=C[C@]4(C)[C@@]3(F)[C@@H](O)C[C@]2(C)[C@@]1(O)C(=O)CO. The number of hydrogen-bond acceptors (Lipinski definition) is 5. The highest BCUT2D eigenvalue weighted by atomic mass is 19.1. The minimum atomic E-state index is -1.98. The normalized spacial score (nSPS) is 52.5. The van der Waals surface area contributed by atoms with Crippen molar-refractivity contribution >= 4 is 11.6 Å². The molecule has 1 unspecified atom stereocenters. The fourth-order valence-electron chi connectivity index (χ4n) is 7.26. The lowest BCUT2D eigenvalue weighted by Gasteiger charge is -2.62. The van der Waals surface area contributed by atoms with E-state index in [2.05, 4.69) is 0 Å². The Morgan fingerprint density at radius 2 is 2.00 bits per heavy atom. The molecule has 0 radical (unpaired) electrons. The molecule has 8 atom stereocenters. The van der Waals surface area contributed by atoms with E-state index in [0.29, 0.717) is 24.8 Å². The van der Waals surface area contributed by atoms with Gasteiger partial charge in [0.1, 0.15) is 12.2 Å². The molecule has 0 heterocycles. The molecule has 3 N–H and O–H groups in total. The van der Waals surface area contributed by atoms with E-state index >= 15 is 4.39 Å². The second kappa shape index (κ2) is 5.83. The number of allylic oxidation sites excluding steroid dienone is 4. The fraction of sp³-hybridized carbons (Fsp3) is 0.727. The van der Waals surface area contributed by atoms with E-state index in [4.69, 9.17) is 0 Å². The van der Waals surface area contributed by atoms with Gasteiger partial charge >= 0.3 is 0 Å². The maximum Gasteiger partial charge on any atom is 0.190 e. The zero-order chi connectivity index (χ0) is 20.7. The minimum Gasteiger partial charge on any atom is -0.390 e. The summed E-state index contributed by atoms with van der Waals surface area (Å²) in [6, 6.07) is 0. The molecule has 0 amide bonds. The molecular weight excluding hydrogens is 363 g/mol. The molecule has 0 saturated heterocycles. The van der Waals surface area contributed by atoms with Gasteiger partial charge in [0.2, 0.25) is 0 Å². The fourth-order valence-corrected chi connectivity index (χ4v) is 7.26. The quantitative estimate of drug-likeness (QED) is 0.667. The highest BCUT2D eigenvalue weighted by Gasteiger charge is 2.75. The third-order valence-electron chi connectivity index (χ3n) is 8.79. The van der Waals surface area contributed by atoms with E-state index in [0.717, 1.165) is 0 Å². The summed E-state index contributed by atoms with van der Waals surface area (Å²) in [7, 11) is 0.